The van der Waals surface area contributed by atoms with Crippen LogP contribution in [0.15, 0.2) is 32.9 Å². The number of aromatic nitrogens is 2. The van der Waals surface area contributed by atoms with E-state index in [0.717, 1.165) is 10.8 Å². The largest absolute Gasteiger partial charge is 0.496 e. The first-order valence-electron chi connectivity index (χ1n) is 12.0. The molecule has 0 radical (unpaired) electrons. The number of aliphatic hydroxyl groups is 1. The predicted molar refractivity (Wildman–Crippen MR) is 159 cm³/mol. The second-order valence-corrected chi connectivity index (χ2v) is 9.49. The summed E-state index contributed by atoms with van der Waals surface area (Å²) in [6, 6.07) is 3.58. The summed E-state index contributed by atoms with van der Waals surface area (Å²) in [5.41, 5.74) is 2.99. The number of carbonyl (C=O) groups is 1. The van der Waals surface area contributed by atoms with Gasteiger partial charge in [-0.1, -0.05) is 11.3 Å². The van der Waals surface area contributed by atoms with Crippen molar-refractivity contribution in [3.8, 4) is 5.75 Å². The third-order valence-corrected chi connectivity index (χ3v) is 7.24. The number of aryl methyl sites for hydroxylation is 3. The van der Waals surface area contributed by atoms with E-state index in [1.807, 2.05) is 0 Å². The number of fused-ring (bicyclic) bond motifs is 1. The fraction of sp³-hybridized carbons (Fsp3) is 0.400. The molecular formula is C25H33FN6O6S2. The Balaban J connectivity index is 0.000000858. The Morgan fingerprint density at radius 2 is 2.08 bits per heavy atom. The summed E-state index contributed by atoms with van der Waals surface area (Å²) >= 11 is 1.19. The van der Waals surface area contributed by atoms with Gasteiger partial charge in [0.2, 0.25) is 5.91 Å². The van der Waals surface area contributed by atoms with Crippen molar-refractivity contribution >= 4 is 58.4 Å². The molecule has 1 fully saturated rings. The number of halogens is 1. The highest BCUT2D eigenvalue weighted by Crippen LogP contribution is 2.33. The van der Waals surface area contributed by atoms with E-state index >= 15 is 0 Å². The van der Waals surface area contributed by atoms with Gasteiger partial charge in [0, 0.05) is 38.4 Å². The molecule has 0 bridgehead atoms. The molecule has 3 aromatic rings. The molecule has 1 aliphatic rings. The summed E-state index contributed by atoms with van der Waals surface area (Å²) in [6.45, 7) is 2.66. The number of amides is 1. The molecule has 1 amide bonds. The average molecular weight is 597 g/mol. The normalized spacial score (nSPS) is 14.4. The van der Waals surface area contributed by atoms with Crippen LogP contribution < -0.4 is 26.7 Å². The van der Waals surface area contributed by atoms with Gasteiger partial charge >= 0.3 is 5.69 Å². The summed E-state index contributed by atoms with van der Waals surface area (Å²) in [5, 5.41) is 22.5. The molecule has 40 heavy (non-hydrogen) atoms. The van der Waals surface area contributed by atoms with E-state index in [2.05, 4.69) is 20.6 Å². The van der Waals surface area contributed by atoms with Crippen molar-refractivity contribution < 1.29 is 23.8 Å². The van der Waals surface area contributed by atoms with Crippen LogP contribution >= 0.6 is 24.8 Å². The molecule has 2 aromatic heterocycles. The zero-order valence-corrected chi connectivity index (χ0v) is 24.1. The Hall–Kier alpha value is -3.53. The van der Waals surface area contributed by atoms with E-state index in [4.69, 9.17) is 15.3 Å². The summed E-state index contributed by atoms with van der Waals surface area (Å²) in [6.07, 6.45) is 2.58. The molecular weight excluding hydrogens is 563 g/mol. The van der Waals surface area contributed by atoms with Crippen molar-refractivity contribution in [2.45, 2.75) is 32.4 Å². The van der Waals surface area contributed by atoms with Crippen molar-refractivity contribution in [3.05, 3.63) is 56.0 Å². The molecule has 15 heteroatoms. The molecule has 1 atom stereocenters. The number of aliphatic hydroxyl groups excluding tert-OH is 1. The Labute approximate surface area is 240 Å². The minimum Gasteiger partial charge on any atom is -0.496 e. The molecule has 1 aromatic carbocycles. The van der Waals surface area contributed by atoms with Crippen LogP contribution in [0.25, 0.3) is 10.2 Å². The van der Waals surface area contributed by atoms with E-state index in [-0.39, 0.29) is 51.9 Å². The van der Waals surface area contributed by atoms with Gasteiger partial charge in [-0.2, -0.15) is 18.6 Å². The molecule has 218 valence electrons. The average Bonchev–Trinajstić information content (AvgIpc) is 3.48. The van der Waals surface area contributed by atoms with Gasteiger partial charge in [-0.3, -0.25) is 24.1 Å². The molecule has 1 saturated heterocycles. The molecule has 3 heterocycles. The number of thiophene rings is 1. The van der Waals surface area contributed by atoms with Crippen LogP contribution in [0, 0.1) is 18.2 Å². The predicted octanol–water partition coefficient (Wildman–Crippen LogP) is 1.77. The van der Waals surface area contributed by atoms with Crippen LogP contribution in [0.4, 0.5) is 9.39 Å². The standard InChI is InChI=1S/C22H23FN6O4S.C3H8O2.H2S/c1-12-18-20(31)29(15-10-17(30)25-11-15)22(32)28(21(18)34-19(12)27-26-7-6-24)8-5-13-9-14(23)3-4-16(13)33-2;1-5-3-2-4;/h3-4,6-7,9,15,24,27H,5,8,10-11H2,1-2H3,(H,25,30);4H,2-3H2,1H3;1H2/b24-6?,26-7-;;/t15-;;/m1../s1. The van der Waals surface area contributed by atoms with Crippen molar-refractivity contribution in [3.63, 3.8) is 0 Å². The minimum atomic E-state index is -0.599. The van der Waals surface area contributed by atoms with Crippen LogP contribution in [0.3, 0.4) is 0 Å². The smallest absolute Gasteiger partial charge is 0.332 e. The maximum absolute atomic E-state index is 13.9. The first-order valence-corrected chi connectivity index (χ1v) is 12.8. The van der Waals surface area contributed by atoms with Crippen LogP contribution in [0.1, 0.15) is 23.6 Å². The van der Waals surface area contributed by atoms with Crippen molar-refractivity contribution in [2.75, 3.05) is 39.4 Å². The highest BCUT2D eigenvalue weighted by molar-refractivity contribution is 7.59. The molecule has 4 N–H and O–H groups in total. The Morgan fingerprint density at radius 3 is 2.65 bits per heavy atom. The number of rotatable bonds is 10. The summed E-state index contributed by atoms with van der Waals surface area (Å²) in [4.78, 5) is 39.2. The van der Waals surface area contributed by atoms with E-state index in [1.165, 1.54) is 47.4 Å². The first-order chi connectivity index (χ1) is 18.8. The zero-order chi connectivity index (χ0) is 28.5. The number of anilines is 1. The maximum atomic E-state index is 13.9. The van der Waals surface area contributed by atoms with E-state index in [1.54, 1.807) is 14.0 Å². The SMILES string of the molecule is COCCO.COc1ccc(F)cc1CCn1c(=O)n([C@H]2CNC(=O)C2)c(=O)c2c(C)c(N/N=C\C=N)sc21.S. The number of carbonyl (C=O) groups excluding carboxylic acids is 1. The molecule has 0 aliphatic carbocycles. The van der Waals surface area contributed by atoms with Gasteiger partial charge in [0.25, 0.3) is 5.56 Å². The Bertz CT molecular complexity index is 1480. The Kier molecular flexibility index (Phi) is 12.5. The topological polar surface area (TPSA) is 160 Å². The van der Waals surface area contributed by atoms with Crippen LogP contribution in [0.2, 0.25) is 0 Å². The lowest BCUT2D eigenvalue weighted by atomic mass is 10.1. The fourth-order valence-corrected chi connectivity index (χ4v) is 5.33. The number of hydrogen-bond acceptors (Lipinski definition) is 10. The summed E-state index contributed by atoms with van der Waals surface area (Å²) in [7, 11) is 3.04. The monoisotopic (exact) mass is 596 g/mol. The van der Waals surface area contributed by atoms with E-state index in [9.17, 15) is 18.8 Å². The lowest BCUT2D eigenvalue weighted by Gasteiger charge is -2.16. The van der Waals surface area contributed by atoms with Crippen LogP contribution in [0.5, 0.6) is 5.75 Å². The number of benzene rings is 1. The molecule has 0 saturated carbocycles. The minimum absolute atomic E-state index is 0. The number of hydrogen-bond donors (Lipinski definition) is 4. The van der Waals surface area contributed by atoms with E-state index in [0.29, 0.717) is 38.7 Å². The third kappa shape index (κ3) is 7.35. The second kappa shape index (κ2) is 15.3. The zero-order valence-electron chi connectivity index (χ0n) is 22.3. The fourth-order valence-electron chi connectivity index (χ4n) is 4.16. The van der Waals surface area contributed by atoms with Crippen molar-refractivity contribution in [1.82, 2.24) is 14.5 Å². The molecule has 4 rings (SSSR count). The summed E-state index contributed by atoms with van der Waals surface area (Å²) < 4.78 is 26.2. The molecule has 0 spiro atoms. The third-order valence-electron chi connectivity index (χ3n) is 6.02. The number of nitrogens with zero attached hydrogens (tertiary/aromatic N) is 3. The van der Waals surface area contributed by atoms with Crippen LogP contribution in [-0.4, -0.2) is 66.6 Å². The van der Waals surface area contributed by atoms with Gasteiger partial charge in [-0.25, -0.2) is 9.18 Å². The quantitative estimate of drug-likeness (QED) is 0.205. The lowest BCUT2D eigenvalue weighted by molar-refractivity contribution is -0.119. The second-order valence-electron chi connectivity index (χ2n) is 8.49. The number of hydrazone groups is 1. The highest BCUT2D eigenvalue weighted by Gasteiger charge is 2.29. The first kappa shape index (κ1) is 32.7. The van der Waals surface area contributed by atoms with Crippen molar-refractivity contribution in [2.24, 2.45) is 5.10 Å². The van der Waals surface area contributed by atoms with Gasteiger partial charge in [-0.15, -0.1) is 0 Å². The number of ether oxygens (including phenoxy) is 2. The number of nitrogens with one attached hydrogen (secondary N) is 3. The molecule has 12 nitrogen and oxygen atoms in total. The van der Waals surface area contributed by atoms with Crippen molar-refractivity contribution in [1.29, 1.82) is 5.41 Å². The van der Waals surface area contributed by atoms with Gasteiger partial charge in [-0.05, 0) is 37.1 Å². The van der Waals surface area contributed by atoms with Crippen LogP contribution in [-0.2, 0) is 22.5 Å². The van der Waals surface area contributed by atoms with Gasteiger partial charge in [0.05, 0.1) is 38.0 Å². The summed E-state index contributed by atoms with van der Waals surface area (Å²) in [5.74, 6) is -0.149. The maximum Gasteiger partial charge on any atom is 0.332 e. The molecule has 0 unspecified atom stereocenters. The van der Waals surface area contributed by atoms with Gasteiger partial charge in [0.1, 0.15) is 21.4 Å². The molecule has 1 aliphatic heterocycles. The Morgan fingerprint density at radius 1 is 1.32 bits per heavy atom. The van der Waals surface area contributed by atoms with E-state index < -0.39 is 23.1 Å². The van der Waals surface area contributed by atoms with Gasteiger partial charge < -0.3 is 25.3 Å². The highest BCUT2D eigenvalue weighted by atomic mass is 32.1. The van der Waals surface area contributed by atoms with Gasteiger partial charge in [0.15, 0.2) is 0 Å². The lowest BCUT2D eigenvalue weighted by Crippen LogP contribution is -2.43. The number of methoxy groups -OCH3 is 2.